The zero-order valence-corrected chi connectivity index (χ0v) is 5.73. The monoisotopic (exact) mass is 131 g/mol. The Kier molecular flexibility index (Phi) is 2.97. The molecule has 3 heteroatoms. The van der Waals surface area contributed by atoms with E-state index >= 15 is 0 Å². The summed E-state index contributed by atoms with van der Waals surface area (Å²) in [5.41, 5.74) is 5.40. The van der Waals surface area contributed by atoms with Crippen molar-refractivity contribution in [3.63, 3.8) is 0 Å². The van der Waals surface area contributed by atoms with Crippen LogP contribution in [0.4, 0.5) is 0 Å². The molecule has 0 aliphatic carbocycles. The Hall–Kier alpha value is -0.120. The molecule has 0 unspecified atom stereocenters. The summed E-state index contributed by atoms with van der Waals surface area (Å²) in [5, 5.41) is 0. The van der Waals surface area contributed by atoms with Gasteiger partial charge in [-0.2, -0.15) is 0 Å². The lowest BCUT2D eigenvalue weighted by Gasteiger charge is -2.22. The van der Waals surface area contributed by atoms with E-state index in [1.165, 1.54) is 0 Å². The predicted octanol–water partition coefficient (Wildman–Crippen LogP) is -2.14. The minimum atomic E-state index is 0.801. The highest BCUT2D eigenvalue weighted by Gasteiger charge is 2.11. The Morgan fingerprint density at radius 2 is 2.00 bits per heavy atom. The molecule has 3 N–H and O–H groups in total. The molecule has 0 aromatic heterocycles. The maximum atomic E-state index is 5.40. The van der Waals surface area contributed by atoms with Gasteiger partial charge in [0.15, 0.2) is 0 Å². The van der Waals surface area contributed by atoms with E-state index in [0.29, 0.717) is 0 Å². The molecule has 0 amide bonds. The Balaban J connectivity index is 2.08. The molecule has 9 heavy (non-hydrogen) atoms. The second kappa shape index (κ2) is 3.82. The van der Waals surface area contributed by atoms with Gasteiger partial charge in [-0.1, -0.05) is 0 Å². The number of nitrogens with one attached hydrogen (secondary N) is 1. The quantitative estimate of drug-likeness (QED) is 0.449. The molecule has 0 aromatic carbocycles. The fraction of sp³-hybridized carbons (Fsp3) is 1.00. The van der Waals surface area contributed by atoms with E-state index in [1.807, 2.05) is 0 Å². The van der Waals surface area contributed by atoms with Gasteiger partial charge in [0.2, 0.25) is 0 Å². The van der Waals surface area contributed by atoms with Crippen molar-refractivity contribution in [2.24, 2.45) is 5.73 Å². The molecule has 0 radical (unpaired) electrons. The minimum Gasteiger partial charge on any atom is -0.370 e. The normalized spacial score (nSPS) is 22.3. The van der Waals surface area contributed by atoms with E-state index in [-0.39, 0.29) is 0 Å². The fourth-order valence-electron chi connectivity index (χ4n) is 1.11. The van der Waals surface area contributed by atoms with Crippen molar-refractivity contribution in [3.8, 4) is 0 Å². The van der Waals surface area contributed by atoms with Crippen molar-refractivity contribution >= 4 is 0 Å². The predicted molar refractivity (Wildman–Crippen MR) is 35.4 cm³/mol. The van der Waals surface area contributed by atoms with Gasteiger partial charge >= 0.3 is 0 Å². The zero-order valence-electron chi connectivity index (χ0n) is 5.73. The van der Waals surface area contributed by atoms with Gasteiger partial charge in [-0.05, 0) is 0 Å². The number of morpholine rings is 1. The van der Waals surface area contributed by atoms with Gasteiger partial charge in [0.05, 0.1) is 19.8 Å². The molecule has 0 atom stereocenters. The summed E-state index contributed by atoms with van der Waals surface area (Å²) >= 11 is 0. The van der Waals surface area contributed by atoms with Gasteiger partial charge in [0, 0.05) is 6.54 Å². The maximum Gasteiger partial charge on any atom is 0.101 e. The lowest BCUT2D eigenvalue weighted by Crippen LogP contribution is -3.14. The van der Waals surface area contributed by atoms with Crippen LogP contribution >= 0.6 is 0 Å². The summed E-state index contributed by atoms with van der Waals surface area (Å²) in [6.45, 7) is 6.00. The first-order valence-corrected chi connectivity index (χ1v) is 3.55. The molecule has 1 saturated heterocycles. The number of quaternary nitrogens is 1. The number of hydrogen-bond acceptors (Lipinski definition) is 2. The lowest BCUT2D eigenvalue weighted by atomic mass is 10.4. The Bertz CT molecular complexity index is 68.7. The number of rotatable bonds is 2. The van der Waals surface area contributed by atoms with Crippen LogP contribution in [0.1, 0.15) is 0 Å². The van der Waals surface area contributed by atoms with Gasteiger partial charge in [-0.3, -0.25) is 0 Å². The van der Waals surface area contributed by atoms with Gasteiger partial charge < -0.3 is 15.4 Å². The van der Waals surface area contributed by atoms with E-state index in [4.69, 9.17) is 10.5 Å². The molecule has 1 heterocycles. The van der Waals surface area contributed by atoms with E-state index in [0.717, 1.165) is 39.4 Å². The molecule has 3 nitrogen and oxygen atoms in total. The first-order chi connectivity index (χ1) is 4.43. The third kappa shape index (κ3) is 2.30. The summed E-state index contributed by atoms with van der Waals surface area (Å²) in [4.78, 5) is 1.59. The van der Waals surface area contributed by atoms with Crippen LogP contribution in [0.5, 0.6) is 0 Å². The van der Waals surface area contributed by atoms with Crippen LogP contribution in [0.3, 0.4) is 0 Å². The number of nitrogens with two attached hydrogens (primary N) is 1. The Morgan fingerprint density at radius 3 is 2.56 bits per heavy atom. The van der Waals surface area contributed by atoms with E-state index < -0.39 is 0 Å². The molecule has 0 aromatic rings. The zero-order chi connectivity index (χ0) is 6.53. The lowest BCUT2D eigenvalue weighted by molar-refractivity contribution is -0.906. The number of ether oxygens (including phenoxy) is 1. The van der Waals surface area contributed by atoms with Crippen LogP contribution in [0, 0.1) is 0 Å². The topological polar surface area (TPSA) is 39.7 Å². The van der Waals surface area contributed by atoms with Crippen molar-refractivity contribution in [3.05, 3.63) is 0 Å². The fourth-order valence-corrected chi connectivity index (χ4v) is 1.11. The molecule has 54 valence electrons. The van der Waals surface area contributed by atoms with Gasteiger partial charge in [-0.15, -0.1) is 0 Å². The minimum absolute atomic E-state index is 0.801. The average Bonchev–Trinajstić information content (AvgIpc) is 1.91. The highest BCUT2D eigenvalue weighted by atomic mass is 16.5. The average molecular weight is 131 g/mol. The summed E-state index contributed by atoms with van der Waals surface area (Å²) in [6, 6.07) is 0. The summed E-state index contributed by atoms with van der Waals surface area (Å²) in [6.07, 6.45) is 0. The third-order valence-electron chi connectivity index (χ3n) is 1.70. The second-order valence-electron chi connectivity index (χ2n) is 2.40. The molecule has 0 bridgehead atoms. The van der Waals surface area contributed by atoms with Crippen molar-refractivity contribution in [2.45, 2.75) is 0 Å². The molecule has 1 aliphatic rings. The maximum absolute atomic E-state index is 5.40. The van der Waals surface area contributed by atoms with E-state index in [2.05, 4.69) is 0 Å². The largest absolute Gasteiger partial charge is 0.370 e. The molecule has 0 saturated carbocycles. The van der Waals surface area contributed by atoms with E-state index in [9.17, 15) is 0 Å². The highest BCUT2D eigenvalue weighted by Crippen LogP contribution is 1.73. The third-order valence-corrected chi connectivity index (χ3v) is 1.70. The van der Waals surface area contributed by atoms with Gasteiger partial charge in [0.1, 0.15) is 13.1 Å². The van der Waals surface area contributed by atoms with Crippen molar-refractivity contribution in [1.82, 2.24) is 0 Å². The first-order valence-electron chi connectivity index (χ1n) is 3.55. The molecule has 1 fully saturated rings. The van der Waals surface area contributed by atoms with Gasteiger partial charge in [0.25, 0.3) is 0 Å². The second-order valence-corrected chi connectivity index (χ2v) is 2.40. The molecular weight excluding hydrogens is 116 g/mol. The van der Waals surface area contributed by atoms with Crippen LogP contribution < -0.4 is 10.6 Å². The standard InChI is InChI=1S/C6H14N2O/c7-1-2-8-3-5-9-6-4-8/h1-7H2/p+1. The smallest absolute Gasteiger partial charge is 0.101 e. The van der Waals surface area contributed by atoms with E-state index in [1.54, 1.807) is 4.90 Å². The molecule has 0 spiro atoms. The Labute approximate surface area is 55.8 Å². The first kappa shape index (κ1) is 6.99. The van der Waals surface area contributed by atoms with Crippen LogP contribution in [0.25, 0.3) is 0 Å². The van der Waals surface area contributed by atoms with Gasteiger partial charge in [-0.25, -0.2) is 0 Å². The van der Waals surface area contributed by atoms with Crippen molar-refractivity contribution < 1.29 is 9.64 Å². The molecule has 1 rings (SSSR count). The SMILES string of the molecule is NCC[NH+]1CCOCC1. The van der Waals surface area contributed by atoms with Crippen LogP contribution in [0.2, 0.25) is 0 Å². The van der Waals surface area contributed by atoms with Crippen LogP contribution in [0.15, 0.2) is 0 Å². The summed E-state index contributed by atoms with van der Waals surface area (Å²) in [5.74, 6) is 0. The van der Waals surface area contributed by atoms with Crippen LogP contribution in [-0.2, 0) is 4.74 Å². The van der Waals surface area contributed by atoms with Crippen LogP contribution in [-0.4, -0.2) is 39.4 Å². The number of hydrogen-bond donors (Lipinski definition) is 2. The highest BCUT2D eigenvalue weighted by molar-refractivity contribution is 4.39. The summed E-state index contributed by atoms with van der Waals surface area (Å²) in [7, 11) is 0. The summed E-state index contributed by atoms with van der Waals surface area (Å²) < 4.78 is 5.18. The Morgan fingerprint density at radius 1 is 1.33 bits per heavy atom. The molecular formula is C6H15N2O+. The van der Waals surface area contributed by atoms with Crippen molar-refractivity contribution in [1.29, 1.82) is 0 Å². The molecule has 1 aliphatic heterocycles. The van der Waals surface area contributed by atoms with Crippen molar-refractivity contribution in [2.75, 3.05) is 39.4 Å².